The molecule has 0 atom stereocenters. The van der Waals surface area contributed by atoms with E-state index >= 15 is 0 Å². The van der Waals surface area contributed by atoms with Crippen LogP contribution in [0.5, 0.6) is 0 Å². The molecule has 2 fully saturated rings. The smallest absolute Gasteiger partial charge is 0.410 e. The first-order valence-electron chi connectivity index (χ1n) is 19.2. The summed E-state index contributed by atoms with van der Waals surface area (Å²) in [5.41, 5.74) is 8.75. The van der Waals surface area contributed by atoms with Crippen LogP contribution in [-0.4, -0.2) is 124 Å². The second-order valence-electron chi connectivity index (χ2n) is 15.1. The van der Waals surface area contributed by atoms with Crippen LogP contribution in [0.2, 0.25) is 10.0 Å². The number of carbonyl (C=O) groups is 3. The first-order valence-corrected chi connectivity index (χ1v) is 19.9. The summed E-state index contributed by atoms with van der Waals surface area (Å²) in [6.45, 7) is 13.5. The summed E-state index contributed by atoms with van der Waals surface area (Å²) in [5, 5.41) is 14.9. The van der Waals surface area contributed by atoms with Gasteiger partial charge in [0.15, 0.2) is 0 Å². The molecular weight excluding hydrogens is 842 g/mol. The van der Waals surface area contributed by atoms with Gasteiger partial charge in [-0.25, -0.2) is 24.7 Å². The van der Waals surface area contributed by atoms with Crippen molar-refractivity contribution in [2.24, 2.45) is 27.6 Å². The molecule has 0 bridgehead atoms. The summed E-state index contributed by atoms with van der Waals surface area (Å²) < 4.78 is 5.13. The predicted molar refractivity (Wildman–Crippen MR) is 241 cm³/mol. The Bertz CT molecular complexity index is 1950. The molecule has 4 aromatic heterocycles. The number of ether oxygens (including phenoxy) is 1. The lowest BCUT2D eigenvalue weighted by atomic mass is 9.94. The fraction of sp³-hybridized carbons (Fsp3) is 0.550. The minimum Gasteiger partial charge on any atom is -0.481 e. The minimum absolute atomic E-state index is 0. The molecule has 0 aliphatic carbocycles. The Morgan fingerprint density at radius 1 is 0.966 bits per heavy atom. The number of H-pyrrole nitrogens is 2. The molecule has 2 aliphatic rings. The van der Waals surface area contributed by atoms with Gasteiger partial charge in [0.25, 0.3) is 0 Å². The molecule has 6 N–H and O–H groups in total. The fourth-order valence-corrected chi connectivity index (χ4v) is 6.32. The molecule has 2 saturated heterocycles. The Morgan fingerprint density at radius 3 is 2.03 bits per heavy atom. The molecule has 0 saturated carbocycles. The number of aromatic nitrogens is 4. The molecule has 59 heavy (non-hydrogen) atoms. The van der Waals surface area contributed by atoms with Crippen molar-refractivity contribution in [2.75, 3.05) is 59.9 Å². The predicted octanol–water partition coefficient (Wildman–Crippen LogP) is 7.31. The number of hydrogen-bond acceptors (Lipinski definition) is 11. The molecule has 19 heteroatoms. The number of Topliss-reactive ketones (excluding diaryl/α,β-unsaturated/α-hetero) is 1. The Labute approximate surface area is 369 Å². The normalized spacial score (nSPS) is 13.4. The maximum Gasteiger partial charge on any atom is 0.410 e. The molecule has 328 valence electrons. The van der Waals surface area contributed by atoms with Crippen molar-refractivity contribution in [1.82, 2.24) is 35.1 Å². The van der Waals surface area contributed by atoms with Crippen LogP contribution < -0.4 is 11.1 Å². The van der Waals surface area contributed by atoms with Crippen molar-refractivity contribution in [3.8, 4) is 0 Å². The number of aliphatic carboxylic acids is 1. The zero-order valence-electron chi connectivity index (χ0n) is 34.7. The fourth-order valence-electron chi connectivity index (χ4n) is 5.79. The van der Waals surface area contributed by atoms with Gasteiger partial charge >= 0.3 is 12.1 Å². The quantitative estimate of drug-likeness (QED) is 0.0668. The summed E-state index contributed by atoms with van der Waals surface area (Å²) >= 11 is 12.1. The van der Waals surface area contributed by atoms with E-state index in [1.807, 2.05) is 19.1 Å². The van der Waals surface area contributed by atoms with Gasteiger partial charge in [0, 0.05) is 80.5 Å². The van der Waals surface area contributed by atoms with Crippen LogP contribution in [0.4, 0.5) is 4.79 Å². The number of aromatic amines is 2. The van der Waals surface area contributed by atoms with Crippen LogP contribution in [0.3, 0.4) is 0 Å². The number of nitrogens with zero attached hydrogens (tertiary/aromatic N) is 6. The van der Waals surface area contributed by atoms with Gasteiger partial charge in [0.05, 0.1) is 29.0 Å². The van der Waals surface area contributed by atoms with E-state index in [4.69, 9.17) is 38.8 Å². The number of pyridine rings is 2. The Kier molecular flexibility index (Phi) is 24.5. The number of ketones is 1. The minimum atomic E-state index is -0.816. The van der Waals surface area contributed by atoms with E-state index in [1.54, 1.807) is 45.6 Å². The van der Waals surface area contributed by atoms with E-state index in [9.17, 15) is 14.4 Å². The lowest BCUT2D eigenvalue weighted by Crippen LogP contribution is -2.52. The first kappa shape index (κ1) is 53.2. The van der Waals surface area contributed by atoms with Crippen molar-refractivity contribution in [1.29, 1.82) is 0 Å². The van der Waals surface area contributed by atoms with E-state index in [0.29, 0.717) is 54.2 Å². The van der Waals surface area contributed by atoms with Gasteiger partial charge in [0.1, 0.15) is 22.7 Å². The maximum atomic E-state index is 11.9. The molecule has 0 spiro atoms. The monoisotopic (exact) mass is 900 g/mol. The molecule has 15 nitrogen and oxygen atoms in total. The number of nitrogens with two attached hydrogens (primary N) is 1. The zero-order valence-corrected chi connectivity index (χ0v) is 37.9. The van der Waals surface area contributed by atoms with Crippen molar-refractivity contribution in [3.63, 3.8) is 0 Å². The zero-order chi connectivity index (χ0) is 42.0. The highest BCUT2D eigenvalue weighted by Crippen LogP contribution is 2.27. The summed E-state index contributed by atoms with van der Waals surface area (Å²) in [5.74, 6) is 0.141. The lowest BCUT2D eigenvalue weighted by Gasteiger charge is -2.39. The van der Waals surface area contributed by atoms with Crippen molar-refractivity contribution >= 4 is 93.9 Å². The maximum absolute atomic E-state index is 11.9. The number of likely N-dealkylation sites (tertiary alicyclic amines) is 1. The SMILES string of the molecule is CC(C)(C)OC(=O)N1CC(CC(=O)O)C1.CCN=C=NCCCN(C)C.Cl.Cl.NCc1ccnc2[nH]cc(Cl)c12.O=C(CCc1ccnc2[nH]cc(Cl)c12)CC1CNC1. The lowest BCUT2D eigenvalue weighted by molar-refractivity contribution is -0.139. The Balaban J connectivity index is 0.000000398. The number of hydrogen-bond donors (Lipinski definition) is 5. The van der Waals surface area contributed by atoms with Gasteiger partial charge in [-0.3, -0.25) is 9.59 Å². The third-order valence-corrected chi connectivity index (χ3v) is 9.34. The van der Waals surface area contributed by atoms with Gasteiger partial charge in [-0.15, -0.1) is 24.8 Å². The number of halogens is 4. The largest absolute Gasteiger partial charge is 0.481 e. The van der Waals surface area contributed by atoms with Gasteiger partial charge < -0.3 is 40.7 Å². The summed E-state index contributed by atoms with van der Waals surface area (Å²) in [7, 11) is 4.12. The third kappa shape index (κ3) is 19.0. The number of aliphatic imine (C=N–C) groups is 2. The van der Waals surface area contributed by atoms with Crippen LogP contribution in [0, 0.1) is 11.8 Å². The summed E-state index contributed by atoms with van der Waals surface area (Å²) in [6.07, 6.45) is 9.79. The van der Waals surface area contributed by atoms with Crippen molar-refractivity contribution < 1.29 is 24.2 Å². The Hall–Kier alpha value is -3.79. The van der Waals surface area contributed by atoms with Crippen molar-refractivity contribution in [3.05, 3.63) is 58.1 Å². The molecule has 0 aromatic carbocycles. The highest BCUT2D eigenvalue weighted by molar-refractivity contribution is 6.36. The van der Waals surface area contributed by atoms with Crippen LogP contribution in [-0.2, 0) is 27.3 Å². The second kappa shape index (κ2) is 27.1. The number of rotatable bonds is 13. The van der Waals surface area contributed by atoms with Gasteiger partial charge in [-0.05, 0) is 103 Å². The highest BCUT2D eigenvalue weighted by atomic mass is 35.5. The number of fused-ring (bicyclic) bond motifs is 2. The number of carbonyl (C=O) groups excluding carboxylic acids is 2. The molecule has 1 amide bonds. The number of nitrogens with one attached hydrogen (secondary N) is 3. The van der Waals surface area contributed by atoms with Crippen LogP contribution in [0.25, 0.3) is 22.1 Å². The van der Waals surface area contributed by atoms with E-state index in [0.717, 1.165) is 78.8 Å². The molecule has 6 rings (SSSR count). The van der Waals surface area contributed by atoms with Gasteiger partial charge in [-0.2, -0.15) is 0 Å². The van der Waals surface area contributed by atoms with Gasteiger partial charge in [-0.1, -0.05) is 23.2 Å². The van der Waals surface area contributed by atoms with Crippen LogP contribution in [0.1, 0.15) is 64.5 Å². The average molecular weight is 903 g/mol. The summed E-state index contributed by atoms with van der Waals surface area (Å²) in [4.78, 5) is 59.6. The van der Waals surface area contributed by atoms with E-state index in [1.165, 1.54) is 4.90 Å². The van der Waals surface area contributed by atoms with Crippen LogP contribution in [0.15, 0.2) is 46.9 Å². The molecule has 6 heterocycles. The molecule has 2 aliphatic heterocycles. The Morgan fingerprint density at radius 2 is 1.54 bits per heavy atom. The number of carboxylic acids is 1. The van der Waals surface area contributed by atoms with Crippen molar-refractivity contribution in [2.45, 2.75) is 71.9 Å². The molecular formula is C40H60Cl4N10O5. The number of amides is 1. The standard InChI is InChI=1S/C14H16ClN3O.C10H17NO4.C8H8ClN3.C8H17N3.2ClH/c15-12-8-18-14-13(12)10(3-4-17-14)1-2-11(19)5-9-6-16-7-9;1-10(2,3)15-9(14)11-5-7(6-11)4-8(12)13;9-6-4-12-8-7(6)5(3-10)1-2-11-8;1-4-9-8-10-6-5-7-11(2)3;;/h3-4,8-9,16H,1-2,5-7H2,(H,17,18);7H,4-6H2,1-3H3,(H,12,13);1-2,4H,3,10H2,(H,11,12);4-7H2,1-3H3;2*1H. The number of aryl methyl sites for hydroxylation is 1. The first-order chi connectivity index (χ1) is 27.1. The van der Waals surface area contributed by atoms with E-state index in [-0.39, 0.29) is 43.2 Å². The molecule has 4 aromatic rings. The van der Waals surface area contributed by atoms with E-state index in [2.05, 4.69) is 60.2 Å². The van der Waals surface area contributed by atoms with Gasteiger partial charge in [0.2, 0.25) is 0 Å². The third-order valence-electron chi connectivity index (χ3n) is 8.75. The average Bonchev–Trinajstić information content (AvgIpc) is 3.70. The topological polar surface area (TPSA) is 207 Å². The summed E-state index contributed by atoms with van der Waals surface area (Å²) in [6, 6.07) is 6.46. The highest BCUT2D eigenvalue weighted by Gasteiger charge is 2.34. The molecule has 0 unspecified atom stereocenters. The molecule has 0 radical (unpaired) electrons. The van der Waals surface area contributed by atoms with E-state index < -0.39 is 11.6 Å². The van der Waals surface area contributed by atoms with Crippen LogP contribution >= 0.6 is 48.0 Å². The second-order valence-corrected chi connectivity index (χ2v) is 15.9. The number of carboxylic acid groups (broad SMARTS) is 1.